The van der Waals surface area contributed by atoms with Crippen LogP contribution >= 0.6 is 0 Å². The zero-order chi connectivity index (χ0) is 28.5. The molecule has 1 unspecified atom stereocenters. The van der Waals surface area contributed by atoms with Crippen LogP contribution < -0.4 is 9.47 Å². The van der Waals surface area contributed by atoms with Gasteiger partial charge in [0, 0.05) is 6.42 Å². The number of ether oxygens (including phenoxy) is 2. The number of hydrogen-bond acceptors (Lipinski definition) is 8. The summed E-state index contributed by atoms with van der Waals surface area (Å²) in [6.07, 6.45) is 8.40. The van der Waals surface area contributed by atoms with Gasteiger partial charge >= 0.3 is 11.9 Å². The van der Waals surface area contributed by atoms with Crippen LogP contribution in [-0.4, -0.2) is 30.3 Å². The first-order valence-corrected chi connectivity index (χ1v) is 14.3. The van der Waals surface area contributed by atoms with Crippen molar-refractivity contribution in [3.63, 3.8) is 0 Å². The number of allylic oxidation sites excluding steroid dienone is 2. The zero-order valence-electron chi connectivity index (χ0n) is 23.8. The molecule has 8 heteroatoms. The molecule has 0 saturated heterocycles. The fraction of sp³-hybridized carbons (Fsp3) is 0.500. The van der Waals surface area contributed by atoms with Gasteiger partial charge in [0.1, 0.15) is 17.6 Å². The van der Waals surface area contributed by atoms with E-state index in [1.807, 2.05) is 33.8 Å². The first kappa shape index (κ1) is 29.5. The molecule has 1 fully saturated rings. The van der Waals surface area contributed by atoms with Crippen LogP contribution in [0.5, 0.6) is 11.5 Å². The van der Waals surface area contributed by atoms with Gasteiger partial charge in [-0.05, 0) is 133 Å². The number of hydrogen-bond donors (Lipinski definition) is 0. The van der Waals surface area contributed by atoms with Crippen LogP contribution in [0.1, 0.15) is 93.4 Å². The van der Waals surface area contributed by atoms with Gasteiger partial charge in [-0.15, -0.1) is 0 Å². The number of carbonyl (C=O) groups excluding carboxylic acids is 2. The van der Waals surface area contributed by atoms with Crippen molar-refractivity contribution in [3.8, 4) is 11.5 Å². The van der Waals surface area contributed by atoms with Gasteiger partial charge in [0.15, 0.2) is 5.76 Å². The lowest BCUT2D eigenvalue weighted by atomic mass is 9.74. The molecule has 1 atom stereocenters. The average Bonchev–Trinajstić information content (AvgIpc) is 2.95. The van der Waals surface area contributed by atoms with Crippen LogP contribution in [0.2, 0.25) is 0 Å². The van der Waals surface area contributed by atoms with Gasteiger partial charge in [-0.3, -0.25) is 9.78 Å². The van der Waals surface area contributed by atoms with E-state index in [-0.39, 0.29) is 18.3 Å². The van der Waals surface area contributed by atoms with Gasteiger partial charge in [-0.25, -0.2) is 14.5 Å². The topological polar surface area (TPSA) is 89.5 Å². The maximum atomic E-state index is 12.3. The van der Waals surface area contributed by atoms with E-state index >= 15 is 0 Å². The molecule has 216 valence electrons. The van der Waals surface area contributed by atoms with Crippen LogP contribution in [0, 0.1) is 11.8 Å². The van der Waals surface area contributed by atoms with E-state index in [0.717, 1.165) is 44.9 Å². The van der Waals surface area contributed by atoms with E-state index in [1.165, 1.54) is 0 Å². The molecule has 2 aromatic carbocycles. The average molecular weight is 553 g/mol. The summed E-state index contributed by atoms with van der Waals surface area (Å²) < 4.78 is 11.2. The van der Waals surface area contributed by atoms with Crippen LogP contribution in [0.15, 0.2) is 60.4 Å². The molecule has 0 heterocycles. The zero-order valence-corrected chi connectivity index (χ0v) is 23.8. The van der Waals surface area contributed by atoms with E-state index in [2.05, 4.69) is 0 Å². The van der Waals surface area contributed by atoms with Crippen molar-refractivity contribution in [3.05, 3.63) is 71.5 Å². The molecular formula is C32H40O8. The molecule has 2 aliphatic carbocycles. The molecule has 1 saturated carbocycles. The Hall–Kier alpha value is -3.52. The van der Waals surface area contributed by atoms with Gasteiger partial charge in [-0.1, -0.05) is 0 Å². The van der Waals surface area contributed by atoms with Crippen molar-refractivity contribution in [1.29, 1.82) is 0 Å². The lowest BCUT2D eigenvalue weighted by Crippen LogP contribution is -2.28. The highest BCUT2D eigenvalue weighted by atomic mass is 17.2. The van der Waals surface area contributed by atoms with Gasteiger partial charge < -0.3 is 9.47 Å². The Labute approximate surface area is 236 Å². The van der Waals surface area contributed by atoms with Crippen molar-refractivity contribution in [2.24, 2.45) is 11.8 Å². The lowest BCUT2D eigenvalue weighted by molar-refractivity contribution is -0.281. The molecule has 2 aromatic rings. The highest BCUT2D eigenvalue weighted by Crippen LogP contribution is 2.39. The summed E-state index contributed by atoms with van der Waals surface area (Å²) in [5.74, 6) is 2.20. The Balaban J connectivity index is 1.14. The third kappa shape index (κ3) is 8.74. The minimum Gasteiger partial charge on any atom is -0.491 e. The van der Waals surface area contributed by atoms with Gasteiger partial charge in [0.25, 0.3) is 0 Å². The smallest absolute Gasteiger partial charge is 0.386 e. The fourth-order valence-electron chi connectivity index (χ4n) is 5.17. The van der Waals surface area contributed by atoms with Crippen LogP contribution in [0.4, 0.5) is 0 Å². The van der Waals surface area contributed by atoms with Gasteiger partial charge in [-0.2, -0.15) is 4.89 Å². The first-order chi connectivity index (χ1) is 19.3. The molecule has 40 heavy (non-hydrogen) atoms. The highest BCUT2D eigenvalue weighted by Gasteiger charge is 2.30. The summed E-state index contributed by atoms with van der Waals surface area (Å²) in [7, 11) is 0. The number of rotatable bonds is 11. The number of benzene rings is 2. The third-order valence-corrected chi connectivity index (χ3v) is 7.20. The molecule has 0 amide bonds. The molecular weight excluding hydrogens is 512 g/mol. The lowest BCUT2D eigenvalue weighted by Gasteiger charge is -2.34. The fourth-order valence-corrected chi connectivity index (χ4v) is 5.17. The Morgan fingerprint density at radius 3 is 1.68 bits per heavy atom. The summed E-state index contributed by atoms with van der Waals surface area (Å²) in [6.45, 7) is 7.80. The molecule has 0 spiro atoms. The van der Waals surface area contributed by atoms with Gasteiger partial charge in [0.2, 0.25) is 0 Å². The molecule has 0 N–H and O–H groups in total. The Kier molecular flexibility index (Phi) is 10.5. The molecule has 2 aliphatic rings. The van der Waals surface area contributed by atoms with Gasteiger partial charge in [0.05, 0.1) is 23.3 Å². The van der Waals surface area contributed by atoms with Crippen LogP contribution in [0.25, 0.3) is 0 Å². The predicted octanol–water partition coefficient (Wildman–Crippen LogP) is 7.38. The first-order valence-electron chi connectivity index (χ1n) is 14.3. The van der Waals surface area contributed by atoms with E-state index in [0.29, 0.717) is 40.2 Å². The van der Waals surface area contributed by atoms with Crippen molar-refractivity contribution in [2.45, 2.75) is 91.0 Å². The minimum atomic E-state index is -0.532. The molecule has 0 radical (unpaired) electrons. The second-order valence-electron chi connectivity index (χ2n) is 11.0. The Morgan fingerprint density at radius 2 is 1.20 bits per heavy atom. The summed E-state index contributed by atoms with van der Waals surface area (Å²) in [4.78, 5) is 45.7. The van der Waals surface area contributed by atoms with Crippen LogP contribution in [-0.2, 0) is 19.6 Å². The minimum absolute atomic E-state index is 0.0658. The van der Waals surface area contributed by atoms with E-state index in [1.54, 1.807) is 48.5 Å². The van der Waals surface area contributed by atoms with Crippen molar-refractivity contribution in [2.75, 3.05) is 0 Å². The van der Waals surface area contributed by atoms with E-state index < -0.39 is 11.9 Å². The Bertz CT molecular complexity index is 1130. The largest absolute Gasteiger partial charge is 0.491 e. The Morgan fingerprint density at radius 1 is 0.675 bits per heavy atom. The summed E-state index contributed by atoms with van der Waals surface area (Å²) in [6, 6.07) is 13.7. The number of carbonyl (C=O) groups is 2. The molecule has 0 aromatic heterocycles. The van der Waals surface area contributed by atoms with Crippen molar-refractivity contribution >= 4 is 11.9 Å². The van der Waals surface area contributed by atoms with E-state index in [9.17, 15) is 9.59 Å². The second-order valence-corrected chi connectivity index (χ2v) is 11.0. The summed E-state index contributed by atoms with van der Waals surface area (Å²) in [5.41, 5.74) is 0.834. The molecule has 0 aliphatic heterocycles. The maximum absolute atomic E-state index is 12.3. The van der Waals surface area contributed by atoms with E-state index in [4.69, 9.17) is 29.0 Å². The SMILES string of the molecule is CC(C)Oc1ccc(C(=O)OOC2=CCC(C3CCC(OOC(=O)c4ccc(OC(C)C)cc4)CC3)CC2)cc1. The standard InChI is InChI=1S/C32H40O8/c1-21(2)35-27-13-9-25(10-14-27)31(33)39-37-29-17-5-23(6-18-29)24-7-19-30(20-8-24)38-40-32(34)26-11-15-28(16-12-26)36-22(3)4/h9-17,21-24,30H,5-8,18-20H2,1-4H3. The van der Waals surface area contributed by atoms with Crippen LogP contribution in [0.3, 0.4) is 0 Å². The molecule has 4 rings (SSSR count). The third-order valence-electron chi connectivity index (χ3n) is 7.20. The van der Waals surface area contributed by atoms with Crippen molar-refractivity contribution in [1.82, 2.24) is 0 Å². The molecule has 0 bridgehead atoms. The summed E-state index contributed by atoms with van der Waals surface area (Å²) >= 11 is 0. The maximum Gasteiger partial charge on any atom is 0.386 e. The summed E-state index contributed by atoms with van der Waals surface area (Å²) in [5, 5.41) is 0. The predicted molar refractivity (Wildman–Crippen MR) is 149 cm³/mol. The quantitative estimate of drug-likeness (QED) is 0.211. The monoisotopic (exact) mass is 552 g/mol. The molecule has 8 nitrogen and oxygen atoms in total. The normalized spacial score (nSPS) is 20.9. The second kappa shape index (κ2) is 14.2. The van der Waals surface area contributed by atoms with Crippen molar-refractivity contribution < 1.29 is 38.6 Å². The highest BCUT2D eigenvalue weighted by molar-refractivity contribution is 5.89.